The topological polar surface area (TPSA) is 87.3 Å². The first-order valence-electron chi connectivity index (χ1n) is 7.17. The van der Waals surface area contributed by atoms with Crippen molar-refractivity contribution in [1.29, 1.82) is 0 Å². The van der Waals surface area contributed by atoms with E-state index < -0.39 is 9.84 Å². The number of sulfone groups is 1. The number of nitrogens with one attached hydrogen (secondary N) is 3. The molecule has 0 spiro atoms. The lowest BCUT2D eigenvalue weighted by Crippen LogP contribution is -2.43. The monoisotopic (exact) mass is 309 g/mol. The van der Waals surface area contributed by atoms with Crippen molar-refractivity contribution >= 4 is 27.1 Å². The third-order valence-corrected chi connectivity index (χ3v) is 5.66. The lowest BCUT2D eigenvalue weighted by Gasteiger charge is -2.24. The molecule has 0 aliphatic carbocycles. The van der Waals surface area contributed by atoms with Crippen molar-refractivity contribution < 1.29 is 13.2 Å². The van der Waals surface area contributed by atoms with Gasteiger partial charge in [0.1, 0.15) is 0 Å². The molecule has 0 bridgehead atoms. The van der Waals surface area contributed by atoms with Crippen molar-refractivity contribution in [2.24, 2.45) is 0 Å². The summed E-state index contributed by atoms with van der Waals surface area (Å²) < 4.78 is 23.2. The second kappa shape index (κ2) is 5.55. The number of hydrogen-bond donors (Lipinski definition) is 3. The Kier molecular flexibility index (Phi) is 3.75. The zero-order chi connectivity index (χ0) is 14.9. The summed E-state index contributed by atoms with van der Waals surface area (Å²) in [7, 11) is -3.01. The van der Waals surface area contributed by atoms with Gasteiger partial charge in [-0.25, -0.2) is 8.42 Å². The molecule has 1 fully saturated rings. The zero-order valence-corrected chi connectivity index (χ0v) is 12.5. The minimum Gasteiger partial charge on any atom is -0.382 e. The molecule has 0 aromatic heterocycles. The maximum absolute atomic E-state index is 12.3. The van der Waals surface area contributed by atoms with Crippen molar-refractivity contribution in [2.45, 2.75) is 18.9 Å². The molecule has 7 heteroatoms. The fourth-order valence-electron chi connectivity index (χ4n) is 2.79. The quantitative estimate of drug-likeness (QED) is 0.753. The molecule has 3 N–H and O–H groups in total. The number of amides is 1. The Hall–Kier alpha value is -1.76. The summed E-state index contributed by atoms with van der Waals surface area (Å²) in [5, 5.41) is 9.31. The highest BCUT2D eigenvalue weighted by atomic mass is 32.2. The smallest absolute Gasteiger partial charge is 0.251 e. The van der Waals surface area contributed by atoms with Gasteiger partial charge in [0.15, 0.2) is 9.84 Å². The van der Waals surface area contributed by atoms with Crippen LogP contribution in [0.1, 0.15) is 23.2 Å². The van der Waals surface area contributed by atoms with E-state index in [0.29, 0.717) is 12.0 Å². The molecule has 2 aliphatic rings. The van der Waals surface area contributed by atoms with Gasteiger partial charge in [0.25, 0.3) is 5.91 Å². The first kappa shape index (κ1) is 14.2. The van der Waals surface area contributed by atoms with Crippen LogP contribution >= 0.6 is 0 Å². The van der Waals surface area contributed by atoms with Gasteiger partial charge >= 0.3 is 0 Å². The minimum atomic E-state index is -3.01. The van der Waals surface area contributed by atoms with Crippen LogP contribution in [0.15, 0.2) is 18.2 Å². The highest BCUT2D eigenvalue weighted by Gasteiger charge is 2.26. The molecule has 1 saturated heterocycles. The molecule has 1 unspecified atom stereocenters. The van der Waals surface area contributed by atoms with E-state index >= 15 is 0 Å². The Morgan fingerprint density at radius 2 is 1.95 bits per heavy atom. The molecular weight excluding hydrogens is 290 g/mol. The Morgan fingerprint density at radius 1 is 1.19 bits per heavy atom. The third-order valence-electron chi connectivity index (χ3n) is 3.84. The van der Waals surface area contributed by atoms with E-state index in [2.05, 4.69) is 16.0 Å². The molecule has 1 atom stereocenters. The lowest BCUT2D eigenvalue weighted by molar-refractivity contribution is 0.0938. The summed E-state index contributed by atoms with van der Waals surface area (Å²) >= 11 is 0. The molecule has 1 aromatic rings. The van der Waals surface area contributed by atoms with E-state index in [-0.39, 0.29) is 23.5 Å². The predicted molar refractivity (Wildman–Crippen MR) is 82.6 cm³/mol. The number of rotatable bonds is 2. The third kappa shape index (κ3) is 3.29. The molecule has 2 heterocycles. The molecule has 2 aliphatic heterocycles. The van der Waals surface area contributed by atoms with Crippen LogP contribution in [0.4, 0.5) is 11.4 Å². The van der Waals surface area contributed by atoms with Gasteiger partial charge in [-0.05, 0) is 31.0 Å². The number of anilines is 2. The SMILES string of the molecule is O=C(NC1CCCS(=O)(=O)C1)c1ccc2c(c1)NCCN2. The standard InChI is InChI=1S/C14H19N3O3S/c18-14(17-11-2-1-7-21(19,20)9-11)10-3-4-12-13(8-10)16-6-5-15-12/h3-4,8,11,15-16H,1-2,5-7,9H2,(H,17,18). The predicted octanol–water partition coefficient (Wildman–Crippen LogP) is 0.831. The summed E-state index contributed by atoms with van der Waals surface area (Å²) in [4.78, 5) is 12.3. The summed E-state index contributed by atoms with van der Waals surface area (Å²) in [5.74, 6) is 0.0596. The van der Waals surface area contributed by atoms with Crippen LogP contribution in [0.3, 0.4) is 0 Å². The molecule has 1 aromatic carbocycles. The van der Waals surface area contributed by atoms with Crippen molar-refractivity contribution in [3.05, 3.63) is 23.8 Å². The number of hydrogen-bond acceptors (Lipinski definition) is 5. The largest absolute Gasteiger partial charge is 0.382 e. The maximum atomic E-state index is 12.3. The number of carbonyl (C=O) groups excluding carboxylic acids is 1. The van der Waals surface area contributed by atoms with Gasteiger partial charge in [-0.15, -0.1) is 0 Å². The molecule has 0 saturated carbocycles. The van der Waals surface area contributed by atoms with E-state index in [9.17, 15) is 13.2 Å². The van der Waals surface area contributed by atoms with Crippen LogP contribution in [0.5, 0.6) is 0 Å². The van der Waals surface area contributed by atoms with Crippen LogP contribution in [0, 0.1) is 0 Å². The maximum Gasteiger partial charge on any atom is 0.251 e. The van der Waals surface area contributed by atoms with E-state index in [0.717, 1.165) is 30.9 Å². The molecule has 21 heavy (non-hydrogen) atoms. The molecule has 1 amide bonds. The van der Waals surface area contributed by atoms with Crippen molar-refractivity contribution in [1.82, 2.24) is 5.32 Å². The zero-order valence-electron chi connectivity index (χ0n) is 11.7. The van der Waals surface area contributed by atoms with Gasteiger partial charge in [-0.1, -0.05) is 0 Å². The van der Waals surface area contributed by atoms with Crippen molar-refractivity contribution in [3.63, 3.8) is 0 Å². The fraction of sp³-hybridized carbons (Fsp3) is 0.500. The Balaban J connectivity index is 1.70. The van der Waals surface area contributed by atoms with Crippen LogP contribution in [-0.4, -0.2) is 45.0 Å². The first-order valence-corrected chi connectivity index (χ1v) is 8.99. The van der Waals surface area contributed by atoms with Gasteiger partial charge in [-0.2, -0.15) is 0 Å². The van der Waals surface area contributed by atoms with Crippen LogP contribution < -0.4 is 16.0 Å². The molecular formula is C14H19N3O3S. The highest BCUT2D eigenvalue weighted by Crippen LogP contribution is 2.25. The van der Waals surface area contributed by atoms with Gasteiger partial charge in [0, 0.05) is 24.7 Å². The fourth-order valence-corrected chi connectivity index (χ4v) is 4.42. The Labute approximate surface area is 124 Å². The van der Waals surface area contributed by atoms with Gasteiger partial charge in [0.2, 0.25) is 0 Å². The van der Waals surface area contributed by atoms with Crippen molar-refractivity contribution in [3.8, 4) is 0 Å². The number of fused-ring (bicyclic) bond motifs is 1. The summed E-state index contributed by atoms with van der Waals surface area (Å²) in [6.07, 6.45) is 1.33. The Bertz CT molecular complexity index is 657. The summed E-state index contributed by atoms with van der Waals surface area (Å²) in [6.45, 7) is 1.68. The van der Waals surface area contributed by atoms with Crippen LogP contribution in [-0.2, 0) is 9.84 Å². The average Bonchev–Trinajstić information content (AvgIpc) is 2.45. The van der Waals surface area contributed by atoms with Gasteiger partial charge < -0.3 is 16.0 Å². The van der Waals surface area contributed by atoms with E-state index in [1.807, 2.05) is 6.07 Å². The minimum absolute atomic E-state index is 0.0451. The van der Waals surface area contributed by atoms with Crippen LogP contribution in [0.25, 0.3) is 0 Å². The molecule has 0 radical (unpaired) electrons. The number of benzene rings is 1. The van der Waals surface area contributed by atoms with Gasteiger partial charge in [-0.3, -0.25) is 4.79 Å². The second-order valence-corrected chi connectivity index (χ2v) is 7.77. The molecule has 6 nitrogen and oxygen atoms in total. The van der Waals surface area contributed by atoms with E-state index in [1.165, 1.54) is 0 Å². The molecule has 3 rings (SSSR count). The van der Waals surface area contributed by atoms with E-state index in [1.54, 1.807) is 12.1 Å². The van der Waals surface area contributed by atoms with Crippen LogP contribution in [0.2, 0.25) is 0 Å². The lowest BCUT2D eigenvalue weighted by atomic mass is 10.1. The normalized spacial score (nSPS) is 23.3. The summed E-state index contributed by atoms with van der Waals surface area (Å²) in [5.41, 5.74) is 2.44. The van der Waals surface area contributed by atoms with Crippen molar-refractivity contribution in [2.75, 3.05) is 35.2 Å². The number of carbonyl (C=O) groups is 1. The average molecular weight is 309 g/mol. The molecule has 114 valence electrons. The van der Waals surface area contributed by atoms with E-state index in [4.69, 9.17) is 0 Å². The second-order valence-electron chi connectivity index (χ2n) is 5.54. The Morgan fingerprint density at radius 3 is 2.71 bits per heavy atom. The highest BCUT2D eigenvalue weighted by molar-refractivity contribution is 7.91. The van der Waals surface area contributed by atoms with Gasteiger partial charge in [0.05, 0.1) is 22.9 Å². The first-order chi connectivity index (χ1) is 10.0. The summed E-state index contributed by atoms with van der Waals surface area (Å²) in [6, 6.07) is 5.14.